The predicted octanol–water partition coefficient (Wildman–Crippen LogP) is 4.54. The Morgan fingerprint density at radius 2 is 1.72 bits per heavy atom. The Bertz CT molecular complexity index is 1030. The molecule has 5 rings (SSSR count). The highest BCUT2D eigenvalue weighted by molar-refractivity contribution is 5.79. The number of carbonyl (C=O) groups excluding carboxylic acids is 1. The molecule has 1 heterocycles. The number of carbonyl (C=O) groups is 1. The number of nitrogens with zero attached hydrogens (tertiary/aromatic N) is 1. The summed E-state index contributed by atoms with van der Waals surface area (Å²) >= 11 is 0. The van der Waals surface area contributed by atoms with Gasteiger partial charge in [-0.05, 0) is 34.4 Å². The normalized spacial score (nSPS) is 15.0. The van der Waals surface area contributed by atoms with Crippen molar-refractivity contribution in [3.05, 3.63) is 83.4 Å². The van der Waals surface area contributed by atoms with Crippen molar-refractivity contribution in [2.24, 2.45) is 0 Å². The van der Waals surface area contributed by atoms with Crippen molar-refractivity contribution >= 4 is 6.09 Å². The summed E-state index contributed by atoms with van der Waals surface area (Å²) in [5.74, 6) is 0.802. The molecule has 1 N–H and O–H groups in total. The van der Waals surface area contributed by atoms with Crippen molar-refractivity contribution < 1.29 is 19.4 Å². The number of rotatable bonds is 2. The second-order valence-electron chi connectivity index (χ2n) is 7.37. The van der Waals surface area contributed by atoms with E-state index >= 15 is 0 Å². The lowest BCUT2D eigenvalue weighted by Crippen LogP contribution is -2.33. The van der Waals surface area contributed by atoms with Gasteiger partial charge in [0, 0.05) is 17.5 Å². The van der Waals surface area contributed by atoms with Crippen LogP contribution < -0.4 is 4.74 Å². The molecule has 146 valence electrons. The molecule has 5 heteroatoms. The molecule has 1 amide bonds. The Kier molecular flexibility index (Phi) is 4.35. The van der Waals surface area contributed by atoms with Crippen LogP contribution in [0.25, 0.3) is 11.1 Å². The Labute approximate surface area is 169 Å². The van der Waals surface area contributed by atoms with Gasteiger partial charge in [-0.1, -0.05) is 48.5 Å². The lowest BCUT2D eigenvalue weighted by Gasteiger charge is -2.21. The van der Waals surface area contributed by atoms with Gasteiger partial charge in [-0.2, -0.15) is 0 Å². The molecule has 0 saturated heterocycles. The Balaban J connectivity index is 1.33. The number of hydrogen-bond donors (Lipinski definition) is 1. The monoisotopic (exact) mass is 387 g/mol. The Morgan fingerprint density at radius 1 is 1.03 bits per heavy atom. The predicted molar refractivity (Wildman–Crippen MR) is 109 cm³/mol. The van der Waals surface area contributed by atoms with E-state index in [1.807, 2.05) is 24.3 Å². The first-order chi connectivity index (χ1) is 14.2. The maximum atomic E-state index is 12.8. The molecule has 0 bridgehead atoms. The number of amides is 1. The van der Waals surface area contributed by atoms with Gasteiger partial charge in [0.25, 0.3) is 0 Å². The maximum Gasteiger partial charge on any atom is 0.410 e. The molecule has 0 aromatic heterocycles. The van der Waals surface area contributed by atoms with E-state index < -0.39 is 0 Å². The van der Waals surface area contributed by atoms with Gasteiger partial charge in [0.1, 0.15) is 24.7 Å². The summed E-state index contributed by atoms with van der Waals surface area (Å²) in [6, 6.07) is 21.5. The second-order valence-corrected chi connectivity index (χ2v) is 7.37. The van der Waals surface area contributed by atoms with E-state index in [2.05, 4.69) is 24.3 Å². The van der Waals surface area contributed by atoms with E-state index in [1.165, 1.54) is 22.3 Å². The molecule has 0 radical (unpaired) electrons. The van der Waals surface area contributed by atoms with Crippen LogP contribution >= 0.6 is 0 Å². The third-order valence-electron chi connectivity index (χ3n) is 5.62. The molecule has 1 aliphatic carbocycles. The largest absolute Gasteiger partial charge is 0.508 e. The van der Waals surface area contributed by atoms with Gasteiger partial charge >= 0.3 is 6.09 Å². The van der Waals surface area contributed by atoms with Crippen LogP contribution in [0.4, 0.5) is 4.79 Å². The minimum absolute atomic E-state index is 0.0406. The van der Waals surface area contributed by atoms with Crippen LogP contribution in [0.1, 0.15) is 22.6 Å². The van der Waals surface area contributed by atoms with Gasteiger partial charge in [-0.15, -0.1) is 0 Å². The zero-order valence-corrected chi connectivity index (χ0v) is 15.9. The molecule has 29 heavy (non-hydrogen) atoms. The van der Waals surface area contributed by atoms with Crippen molar-refractivity contribution in [2.45, 2.75) is 12.5 Å². The first-order valence-corrected chi connectivity index (χ1v) is 9.75. The number of phenolic OH excluding ortho intramolecular Hbond substituents is 1. The van der Waals surface area contributed by atoms with Gasteiger partial charge in [0.15, 0.2) is 0 Å². The molecular weight excluding hydrogens is 366 g/mol. The average molecular weight is 387 g/mol. The summed E-state index contributed by atoms with van der Waals surface area (Å²) < 4.78 is 11.4. The Morgan fingerprint density at radius 3 is 2.45 bits per heavy atom. The summed E-state index contributed by atoms with van der Waals surface area (Å²) in [6.45, 7) is 1.49. The van der Waals surface area contributed by atoms with E-state index in [9.17, 15) is 9.90 Å². The van der Waals surface area contributed by atoms with E-state index in [1.54, 1.807) is 23.1 Å². The van der Waals surface area contributed by atoms with Crippen molar-refractivity contribution in [1.29, 1.82) is 0 Å². The van der Waals surface area contributed by atoms with Gasteiger partial charge in [-0.25, -0.2) is 4.79 Å². The number of ether oxygens (including phenoxy) is 2. The summed E-state index contributed by atoms with van der Waals surface area (Å²) in [6.07, 6.45) is -0.351. The van der Waals surface area contributed by atoms with Crippen molar-refractivity contribution in [2.75, 3.05) is 19.8 Å². The molecule has 2 aliphatic rings. The molecule has 1 aliphatic heterocycles. The highest BCUT2D eigenvalue weighted by atomic mass is 16.6. The standard InChI is InChI=1S/C24H21NO4/c26-17-10-9-16-14-25(11-12-28-23(16)13-17)24(27)29-15-22-20-7-3-1-5-18(20)19-6-2-4-8-21(19)22/h1-10,13,22,26H,11-12,14-15H2. The molecule has 0 spiro atoms. The van der Waals surface area contributed by atoms with E-state index in [0.29, 0.717) is 32.1 Å². The van der Waals surface area contributed by atoms with Crippen LogP contribution in [-0.4, -0.2) is 35.9 Å². The lowest BCUT2D eigenvalue weighted by atomic mass is 9.98. The van der Waals surface area contributed by atoms with E-state index in [-0.39, 0.29) is 17.8 Å². The first kappa shape index (κ1) is 17.6. The van der Waals surface area contributed by atoms with Crippen LogP contribution in [0, 0.1) is 0 Å². The number of phenols is 1. The smallest absolute Gasteiger partial charge is 0.410 e. The van der Waals surface area contributed by atoms with Crippen molar-refractivity contribution in [1.82, 2.24) is 4.90 Å². The van der Waals surface area contributed by atoms with Gasteiger partial charge in [0.2, 0.25) is 0 Å². The zero-order chi connectivity index (χ0) is 19.8. The van der Waals surface area contributed by atoms with Gasteiger partial charge in [0.05, 0.1) is 13.1 Å². The van der Waals surface area contributed by atoms with Crippen LogP contribution in [0.2, 0.25) is 0 Å². The lowest BCUT2D eigenvalue weighted by molar-refractivity contribution is 0.0947. The maximum absolute atomic E-state index is 12.8. The van der Waals surface area contributed by atoms with Gasteiger partial charge < -0.3 is 19.5 Å². The fourth-order valence-electron chi connectivity index (χ4n) is 4.20. The number of aromatic hydroxyl groups is 1. The quantitative estimate of drug-likeness (QED) is 0.702. The van der Waals surface area contributed by atoms with Crippen molar-refractivity contribution in [3.8, 4) is 22.6 Å². The van der Waals surface area contributed by atoms with Crippen LogP contribution in [0.15, 0.2) is 66.7 Å². The fourth-order valence-corrected chi connectivity index (χ4v) is 4.20. The van der Waals surface area contributed by atoms with E-state index in [0.717, 1.165) is 5.56 Å². The average Bonchev–Trinajstić information content (AvgIpc) is 2.90. The summed E-state index contributed by atoms with van der Waals surface area (Å²) in [5, 5.41) is 9.64. The molecule has 3 aromatic rings. The number of benzene rings is 3. The molecule has 0 fully saturated rings. The molecule has 0 atom stereocenters. The molecule has 5 nitrogen and oxygen atoms in total. The highest BCUT2D eigenvalue weighted by Gasteiger charge is 2.30. The number of fused-ring (bicyclic) bond motifs is 4. The summed E-state index contributed by atoms with van der Waals surface area (Å²) in [5.41, 5.74) is 5.67. The minimum Gasteiger partial charge on any atom is -0.508 e. The first-order valence-electron chi connectivity index (χ1n) is 9.75. The van der Waals surface area contributed by atoms with Crippen LogP contribution in [0.5, 0.6) is 11.5 Å². The van der Waals surface area contributed by atoms with E-state index in [4.69, 9.17) is 9.47 Å². The highest BCUT2D eigenvalue weighted by Crippen LogP contribution is 2.44. The molecule has 3 aromatic carbocycles. The second kappa shape index (κ2) is 7.17. The topological polar surface area (TPSA) is 59.0 Å². The molecule has 0 unspecified atom stereocenters. The van der Waals surface area contributed by atoms with Gasteiger partial charge in [-0.3, -0.25) is 0 Å². The third-order valence-corrected chi connectivity index (χ3v) is 5.62. The van der Waals surface area contributed by atoms with Crippen molar-refractivity contribution in [3.63, 3.8) is 0 Å². The SMILES string of the molecule is O=C(OCC1c2ccccc2-c2ccccc21)N1CCOc2cc(O)ccc2C1. The molecular formula is C24H21NO4. The number of hydrogen-bond acceptors (Lipinski definition) is 4. The molecule has 0 saturated carbocycles. The summed E-state index contributed by atoms with van der Waals surface area (Å²) in [4.78, 5) is 14.5. The Hall–Kier alpha value is -3.47. The summed E-state index contributed by atoms with van der Waals surface area (Å²) in [7, 11) is 0. The van der Waals surface area contributed by atoms with Crippen LogP contribution in [0.3, 0.4) is 0 Å². The van der Waals surface area contributed by atoms with Crippen LogP contribution in [-0.2, 0) is 11.3 Å². The zero-order valence-electron chi connectivity index (χ0n) is 15.9. The fraction of sp³-hybridized carbons (Fsp3) is 0.208. The minimum atomic E-state index is -0.351. The third kappa shape index (κ3) is 3.18.